The molecule has 0 aliphatic carbocycles. The Labute approximate surface area is 118 Å². The summed E-state index contributed by atoms with van der Waals surface area (Å²) in [5, 5.41) is 4.80. The van der Waals surface area contributed by atoms with Crippen LogP contribution in [0.4, 0.5) is 0 Å². The molecular formula is C11H18Cl2N2O2S. The van der Waals surface area contributed by atoms with Gasteiger partial charge >= 0.3 is 0 Å². The van der Waals surface area contributed by atoms with Crippen LogP contribution < -0.4 is 0 Å². The van der Waals surface area contributed by atoms with Gasteiger partial charge in [-0.2, -0.15) is 5.10 Å². The number of rotatable bonds is 7. The number of halogens is 2. The molecule has 1 heterocycles. The molecule has 18 heavy (non-hydrogen) atoms. The number of aryl methyl sites for hydroxylation is 2. The fourth-order valence-electron chi connectivity index (χ4n) is 1.61. The molecule has 0 unspecified atom stereocenters. The summed E-state index contributed by atoms with van der Waals surface area (Å²) in [7, 11) is -3.01. The Morgan fingerprint density at radius 2 is 2.00 bits per heavy atom. The van der Waals surface area contributed by atoms with Crippen molar-refractivity contribution in [2.75, 3.05) is 11.5 Å². The van der Waals surface area contributed by atoms with Crippen LogP contribution in [0, 0.1) is 0 Å². The summed E-state index contributed by atoms with van der Waals surface area (Å²) in [5.74, 6) is 0.489. The van der Waals surface area contributed by atoms with Gasteiger partial charge in [-0.1, -0.05) is 31.9 Å². The second-order valence-electron chi connectivity index (χ2n) is 4.06. The number of sulfone groups is 1. The van der Waals surface area contributed by atoms with Crippen LogP contribution in [0.5, 0.6) is 0 Å². The van der Waals surface area contributed by atoms with Crippen molar-refractivity contribution in [3.05, 3.63) is 16.4 Å². The van der Waals surface area contributed by atoms with E-state index in [9.17, 15) is 8.42 Å². The lowest BCUT2D eigenvalue weighted by molar-refractivity contribution is 0.580. The Morgan fingerprint density at radius 1 is 1.33 bits per heavy atom. The summed E-state index contributed by atoms with van der Waals surface area (Å²) in [5.41, 5.74) is 1.68. The smallest absolute Gasteiger partial charge is 0.151 e. The summed E-state index contributed by atoms with van der Waals surface area (Å²) in [6.07, 6.45) is 1.75. The first-order valence-corrected chi connectivity index (χ1v) is 8.69. The lowest BCUT2D eigenvalue weighted by Crippen LogP contribution is -2.15. The SMILES string of the molecule is CCCc1nn(CCS(=O)(=O)CC)c(Cl)c1CCl. The van der Waals surface area contributed by atoms with Gasteiger partial charge in [-0.3, -0.25) is 4.68 Å². The highest BCUT2D eigenvalue weighted by molar-refractivity contribution is 7.91. The van der Waals surface area contributed by atoms with E-state index in [1.165, 1.54) is 4.68 Å². The Kier molecular flexibility index (Phi) is 5.95. The molecule has 0 fully saturated rings. The molecular weight excluding hydrogens is 295 g/mol. The van der Waals surface area contributed by atoms with E-state index in [2.05, 4.69) is 5.10 Å². The van der Waals surface area contributed by atoms with Gasteiger partial charge in [-0.25, -0.2) is 8.42 Å². The van der Waals surface area contributed by atoms with Crippen LogP contribution in [0.25, 0.3) is 0 Å². The zero-order chi connectivity index (χ0) is 13.8. The number of nitrogens with zero attached hydrogens (tertiary/aromatic N) is 2. The highest BCUT2D eigenvalue weighted by atomic mass is 35.5. The molecule has 0 aliphatic rings. The quantitative estimate of drug-likeness (QED) is 0.727. The molecule has 0 bridgehead atoms. The Hall–Kier alpha value is -0.260. The van der Waals surface area contributed by atoms with Gasteiger partial charge in [0.2, 0.25) is 0 Å². The van der Waals surface area contributed by atoms with E-state index in [-0.39, 0.29) is 18.1 Å². The molecule has 0 amide bonds. The van der Waals surface area contributed by atoms with Crippen molar-refractivity contribution >= 4 is 33.0 Å². The molecule has 0 saturated carbocycles. The topological polar surface area (TPSA) is 52.0 Å². The molecule has 1 aromatic heterocycles. The first-order valence-electron chi connectivity index (χ1n) is 5.95. The van der Waals surface area contributed by atoms with Crippen molar-refractivity contribution in [3.63, 3.8) is 0 Å². The maximum atomic E-state index is 11.5. The molecule has 7 heteroatoms. The monoisotopic (exact) mass is 312 g/mol. The van der Waals surface area contributed by atoms with Gasteiger partial charge in [0, 0.05) is 11.3 Å². The van der Waals surface area contributed by atoms with Gasteiger partial charge in [0.05, 0.1) is 23.9 Å². The molecule has 0 radical (unpaired) electrons. The fourth-order valence-corrected chi connectivity index (χ4v) is 3.00. The second-order valence-corrected chi connectivity index (χ2v) is 7.16. The standard InChI is InChI=1S/C11H18Cl2N2O2S/c1-3-5-10-9(8-12)11(13)15(14-10)6-7-18(16,17)4-2/h3-8H2,1-2H3. The third-order valence-electron chi connectivity index (χ3n) is 2.74. The minimum atomic E-state index is -3.01. The normalized spacial score (nSPS) is 12.0. The zero-order valence-corrected chi connectivity index (χ0v) is 12.9. The van der Waals surface area contributed by atoms with Crippen molar-refractivity contribution in [1.29, 1.82) is 0 Å². The molecule has 0 aliphatic heterocycles. The summed E-state index contributed by atoms with van der Waals surface area (Å²) in [4.78, 5) is 0. The average Bonchev–Trinajstić information content (AvgIpc) is 2.63. The summed E-state index contributed by atoms with van der Waals surface area (Å²) < 4.78 is 24.5. The zero-order valence-electron chi connectivity index (χ0n) is 10.6. The van der Waals surface area contributed by atoms with Gasteiger partial charge in [-0.15, -0.1) is 11.6 Å². The van der Waals surface area contributed by atoms with Crippen molar-refractivity contribution < 1.29 is 8.42 Å². The van der Waals surface area contributed by atoms with Crippen LogP contribution in [0.3, 0.4) is 0 Å². The van der Waals surface area contributed by atoms with E-state index < -0.39 is 9.84 Å². The molecule has 0 N–H and O–H groups in total. The molecule has 1 aromatic rings. The Morgan fingerprint density at radius 3 is 2.50 bits per heavy atom. The van der Waals surface area contributed by atoms with Gasteiger partial charge in [-0.05, 0) is 6.42 Å². The molecule has 0 spiro atoms. The van der Waals surface area contributed by atoms with Crippen molar-refractivity contribution in [3.8, 4) is 0 Å². The van der Waals surface area contributed by atoms with E-state index in [1.807, 2.05) is 6.92 Å². The van der Waals surface area contributed by atoms with Crippen LogP contribution in [-0.4, -0.2) is 29.7 Å². The van der Waals surface area contributed by atoms with Gasteiger partial charge < -0.3 is 0 Å². The summed E-state index contributed by atoms with van der Waals surface area (Å²) in [6, 6.07) is 0. The van der Waals surface area contributed by atoms with Crippen molar-refractivity contribution in [2.45, 2.75) is 39.1 Å². The maximum absolute atomic E-state index is 11.5. The Bertz CT molecular complexity index is 497. The third kappa shape index (κ3) is 3.87. The van der Waals surface area contributed by atoms with E-state index in [4.69, 9.17) is 23.2 Å². The average molecular weight is 313 g/mol. The number of hydrogen-bond acceptors (Lipinski definition) is 3. The molecule has 0 aromatic carbocycles. The molecule has 1 rings (SSSR count). The van der Waals surface area contributed by atoms with Crippen LogP contribution in [0.15, 0.2) is 0 Å². The van der Waals surface area contributed by atoms with Crippen LogP contribution >= 0.6 is 23.2 Å². The predicted molar refractivity (Wildman–Crippen MR) is 75.1 cm³/mol. The first-order chi connectivity index (χ1) is 8.45. The van der Waals surface area contributed by atoms with E-state index in [0.717, 1.165) is 24.1 Å². The second kappa shape index (κ2) is 6.78. The molecule has 0 saturated heterocycles. The molecule has 0 atom stereocenters. The van der Waals surface area contributed by atoms with Crippen LogP contribution in [0.2, 0.25) is 5.15 Å². The highest BCUT2D eigenvalue weighted by Crippen LogP contribution is 2.23. The Balaban J connectivity index is 2.90. The van der Waals surface area contributed by atoms with E-state index in [0.29, 0.717) is 11.0 Å². The lowest BCUT2D eigenvalue weighted by Gasteiger charge is -2.03. The third-order valence-corrected chi connectivity index (χ3v) is 5.11. The first kappa shape index (κ1) is 15.8. The van der Waals surface area contributed by atoms with Crippen molar-refractivity contribution in [1.82, 2.24) is 9.78 Å². The van der Waals surface area contributed by atoms with Crippen molar-refractivity contribution in [2.24, 2.45) is 0 Å². The number of hydrogen-bond donors (Lipinski definition) is 0. The fraction of sp³-hybridized carbons (Fsp3) is 0.727. The van der Waals surface area contributed by atoms with Crippen LogP contribution in [-0.2, 0) is 28.7 Å². The maximum Gasteiger partial charge on any atom is 0.151 e. The molecule has 4 nitrogen and oxygen atoms in total. The van der Waals surface area contributed by atoms with E-state index in [1.54, 1.807) is 6.92 Å². The number of aromatic nitrogens is 2. The minimum Gasteiger partial charge on any atom is -0.252 e. The predicted octanol–water partition coefficient (Wildman–Crippen LogP) is 2.66. The van der Waals surface area contributed by atoms with Crippen LogP contribution in [0.1, 0.15) is 31.5 Å². The van der Waals surface area contributed by atoms with Gasteiger partial charge in [0.15, 0.2) is 9.84 Å². The van der Waals surface area contributed by atoms with Gasteiger partial charge in [0.25, 0.3) is 0 Å². The minimum absolute atomic E-state index is 0.0538. The summed E-state index contributed by atoms with van der Waals surface area (Å²) in [6.45, 7) is 3.96. The largest absolute Gasteiger partial charge is 0.252 e. The highest BCUT2D eigenvalue weighted by Gasteiger charge is 2.16. The molecule has 104 valence electrons. The van der Waals surface area contributed by atoms with Gasteiger partial charge in [0.1, 0.15) is 5.15 Å². The number of alkyl halides is 1. The lowest BCUT2D eigenvalue weighted by atomic mass is 10.2. The van der Waals surface area contributed by atoms with E-state index >= 15 is 0 Å². The summed E-state index contributed by atoms with van der Waals surface area (Å²) >= 11 is 12.0.